The van der Waals surface area contributed by atoms with E-state index in [0.717, 1.165) is 24.6 Å². The van der Waals surface area contributed by atoms with Gasteiger partial charge in [-0.25, -0.2) is 0 Å². The molecule has 1 saturated heterocycles. The van der Waals surface area contributed by atoms with Gasteiger partial charge in [-0.05, 0) is 13.0 Å². The van der Waals surface area contributed by atoms with Crippen LogP contribution in [0, 0.1) is 0 Å². The van der Waals surface area contributed by atoms with Crippen molar-refractivity contribution in [3.8, 4) is 11.5 Å². The Bertz CT molecular complexity index is 436. The lowest BCUT2D eigenvalue weighted by molar-refractivity contribution is 0.296. The van der Waals surface area contributed by atoms with Crippen molar-refractivity contribution in [2.24, 2.45) is 0 Å². The molecule has 1 aliphatic rings. The minimum Gasteiger partial charge on any atom is -0.497 e. The summed E-state index contributed by atoms with van der Waals surface area (Å²) in [5, 5.41) is 3.59. The Morgan fingerprint density at radius 2 is 2.00 bits per heavy atom. The van der Waals surface area contributed by atoms with E-state index in [2.05, 4.69) is 35.0 Å². The molecule has 1 aromatic carbocycles. The summed E-state index contributed by atoms with van der Waals surface area (Å²) in [6.07, 6.45) is 0. The smallest absolute Gasteiger partial charge is 0.127 e. The van der Waals surface area contributed by atoms with Crippen LogP contribution in [0.5, 0.6) is 11.5 Å². The standard InChI is InChI=1S/C16H26N2O2S/c1-13(17-6-7-18-8-10-21-11-9-18)15-5-4-14(19-2)12-16(15)20-3/h4-5,12-13,17H,6-11H2,1-3H3. The van der Waals surface area contributed by atoms with Gasteiger partial charge in [0.05, 0.1) is 14.2 Å². The third kappa shape index (κ3) is 4.80. The Labute approximate surface area is 132 Å². The van der Waals surface area contributed by atoms with Crippen LogP contribution >= 0.6 is 11.8 Å². The van der Waals surface area contributed by atoms with E-state index in [1.807, 2.05) is 12.1 Å². The number of nitrogens with zero attached hydrogens (tertiary/aromatic N) is 1. The van der Waals surface area contributed by atoms with Gasteiger partial charge in [0.2, 0.25) is 0 Å². The molecule has 0 aliphatic carbocycles. The Morgan fingerprint density at radius 3 is 2.67 bits per heavy atom. The number of hydrogen-bond acceptors (Lipinski definition) is 5. The molecule has 1 aromatic rings. The van der Waals surface area contributed by atoms with Crippen molar-refractivity contribution in [2.45, 2.75) is 13.0 Å². The lowest BCUT2D eigenvalue weighted by Gasteiger charge is -2.27. The SMILES string of the molecule is COc1ccc(C(C)NCCN2CCSCC2)c(OC)c1. The van der Waals surface area contributed by atoms with Crippen molar-refractivity contribution in [3.63, 3.8) is 0 Å². The molecule has 0 saturated carbocycles. The second-order valence-corrected chi connectivity index (χ2v) is 6.46. The molecule has 1 unspecified atom stereocenters. The first kappa shape index (κ1) is 16.5. The predicted octanol–water partition coefficient (Wildman–Crippen LogP) is 2.40. The molecule has 1 N–H and O–H groups in total. The number of nitrogens with one attached hydrogen (secondary N) is 1. The average molecular weight is 310 g/mol. The first-order valence-electron chi connectivity index (χ1n) is 7.50. The molecular weight excluding hydrogens is 284 g/mol. The molecular formula is C16H26N2O2S. The van der Waals surface area contributed by atoms with Crippen molar-refractivity contribution in [3.05, 3.63) is 23.8 Å². The summed E-state index contributed by atoms with van der Waals surface area (Å²) in [4.78, 5) is 2.53. The van der Waals surface area contributed by atoms with Crippen LogP contribution in [-0.4, -0.2) is 56.8 Å². The summed E-state index contributed by atoms with van der Waals surface area (Å²) in [5.74, 6) is 4.24. The first-order chi connectivity index (χ1) is 10.2. The van der Waals surface area contributed by atoms with Gasteiger partial charge in [0.25, 0.3) is 0 Å². The Kier molecular flexibility index (Phi) is 6.67. The quantitative estimate of drug-likeness (QED) is 0.836. The molecule has 5 heteroatoms. The highest BCUT2D eigenvalue weighted by Gasteiger charge is 2.13. The van der Waals surface area contributed by atoms with Gasteiger partial charge in [-0.3, -0.25) is 0 Å². The zero-order valence-corrected chi connectivity index (χ0v) is 14.0. The van der Waals surface area contributed by atoms with Gasteiger partial charge >= 0.3 is 0 Å². The molecule has 1 heterocycles. The molecule has 118 valence electrons. The molecule has 0 radical (unpaired) electrons. The normalized spacial score (nSPS) is 17.5. The Morgan fingerprint density at radius 1 is 1.24 bits per heavy atom. The van der Waals surface area contributed by atoms with Gasteiger partial charge in [-0.2, -0.15) is 11.8 Å². The lowest BCUT2D eigenvalue weighted by Crippen LogP contribution is -2.38. The number of rotatable bonds is 7. The molecule has 1 aliphatic heterocycles. The number of methoxy groups -OCH3 is 2. The fraction of sp³-hybridized carbons (Fsp3) is 0.625. The van der Waals surface area contributed by atoms with Crippen LogP contribution in [-0.2, 0) is 0 Å². The lowest BCUT2D eigenvalue weighted by atomic mass is 10.1. The van der Waals surface area contributed by atoms with Crippen molar-refractivity contribution in [1.82, 2.24) is 10.2 Å². The van der Waals surface area contributed by atoms with E-state index in [9.17, 15) is 0 Å². The van der Waals surface area contributed by atoms with Gasteiger partial charge in [0, 0.05) is 55.4 Å². The van der Waals surface area contributed by atoms with Crippen LogP contribution in [0.2, 0.25) is 0 Å². The van der Waals surface area contributed by atoms with Crippen molar-refractivity contribution in [1.29, 1.82) is 0 Å². The molecule has 4 nitrogen and oxygen atoms in total. The van der Waals surface area contributed by atoms with Gasteiger partial charge in [-0.15, -0.1) is 0 Å². The second-order valence-electron chi connectivity index (χ2n) is 5.24. The minimum absolute atomic E-state index is 0.269. The van der Waals surface area contributed by atoms with E-state index in [0.29, 0.717) is 0 Å². The van der Waals surface area contributed by atoms with Crippen LogP contribution in [0.3, 0.4) is 0 Å². The zero-order valence-electron chi connectivity index (χ0n) is 13.2. The van der Waals surface area contributed by atoms with E-state index in [-0.39, 0.29) is 6.04 Å². The maximum atomic E-state index is 5.47. The summed E-state index contributed by atoms with van der Waals surface area (Å²) in [5.41, 5.74) is 1.17. The molecule has 1 atom stereocenters. The topological polar surface area (TPSA) is 33.7 Å². The highest BCUT2D eigenvalue weighted by atomic mass is 32.2. The molecule has 1 fully saturated rings. The van der Waals surface area contributed by atoms with Crippen LogP contribution < -0.4 is 14.8 Å². The average Bonchev–Trinajstić information content (AvgIpc) is 2.55. The van der Waals surface area contributed by atoms with Crippen LogP contribution in [0.25, 0.3) is 0 Å². The summed E-state index contributed by atoms with van der Waals surface area (Å²) in [6.45, 7) is 6.72. The third-order valence-electron chi connectivity index (χ3n) is 3.89. The molecule has 0 bridgehead atoms. The van der Waals surface area contributed by atoms with E-state index < -0.39 is 0 Å². The van der Waals surface area contributed by atoms with Crippen LogP contribution in [0.15, 0.2) is 18.2 Å². The van der Waals surface area contributed by atoms with Gasteiger partial charge in [-0.1, -0.05) is 6.07 Å². The maximum Gasteiger partial charge on any atom is 0.127 e. The fourth-order valence-corrected chi connectivity index (χ4v) is 3.53. The Balaban J connectivity index is 1.85. The summed E-state index contributed by atoms with van der Waals surface area (Å²) < 4.78 is 10.7. The molecule has 0 aromatic heterocycles. The van der Waals surface area contributed by atoms with Gasteiger partial charge < -0.3 is 19.7 Å². The number of ether oxygens (including phenoxy) is 2. The van der Waals surface area contributed by atoms with Crippen molar-refractivity contribution in [2.75, 3.05) is 51.9 Å². The molecule has 0 spiro atoms. The molecule has 0 amide bonds. The van der Waals surface area contributed by atoms with E-state index >= 15 is 0 Å². The van der Waals surface area contributed by atoms with E-state index in [1.165, 1.54) is 30.2 Å². The number of hydrogen-bond donors (Lipinski definition) is 1. The summed E-state index contributed by atoms with van der Waals surface area (Å²) in [6, 6.07) is 6.27. The number of thioether (sulfide) groups is 1. The Hall–Kier alpha value is -0.910. The van der Waals surface area contributed by atoms with Crippen molar-refractivity contribution >= 4 is 11.8 Å². The summed E-state index contributed by atoms with van der Waals surface area (Å²) >= 11 is 2.05. The fourth-order valence-electron chi connectivity index (χ4n) is 2.55. The van der Waals surface area contributed by atoms with E-state index in [4.69, 9.17) is 9.47 Å². The van der Waals surface area contributed by atoms with Crippen LogP contribution in [0.1, 0.15) is 18.5 Å². The second kappa shape index (κ2) is 8.51. The third-order valence-corrected chi connectivity index (χ3v) is 4.83. The zero-order chi connectivity index (χ0) is 15.1. The first-order valence-corrected chi connectivity index (χ1v) is 8.65. The maximum absolute atomic E-state index is 5.47. The van der Waals surface area contributed by atoms with Gasteiger partial charge in [0.15, 0.2) is 0 Å². The van der Waals surface area contributed by atoms with Crippen LogP contribution in [0.4, 0.5) is 0 Å². The van der Waals surface area contributed by atoms with Crippen molar-refractivity contribution < 1.29 is 9.47 Å². The largest absolute Gasteiger partial charge is 0.497 e. The highest BCUT2D eigenvalue weighted by Crippen LogP contribution is 2.29. The summed E-state index contributed by atoms with van der Waals surface area (Å²) in [7, 11) is 3.38. The van der Waals surface area contributed by atoms with Gasteiger partial charge in [0.1, 0.15) is 11.5 Å². The minimum atomic E-state index is 0.269. The molecule has 2 rings (SSSR count). The number of benzene rings is 1. The van der Waals surface area contributed by atoms with E-state index in [1.54, 1.807) is 14.2 Å². The molecule has 21 heavy (non-hydrogen) atoms. The predicted molar refractivity (Wildman–Crippen MR) is 89.7 cm³/mol. The monoisotopic (exact) mass is 310 g/mol. The highest BCUT2D eigenvalue weighted by molar-refractivity contribution is 7.99.